The summed E-state index contributed by atoms with van der Waals surface area (Å²) in [6, 6.07) is 7.92. The number of halogens is 1. The van der Waals surface area contributed by atoms with E-state index in [-0.39, 0.29) is 0 Å². The summed E-state index contributed by atoms with van der Waals surface area (Å²) in [6.07, 6.45) is 7.75. The van der Waals surface area contributed by atoms with Gasteiger partial charge in [-0.2, -0.15) is 0 Å². The average molecular weight is 397 g/mol. The Balaban J connectivity index is 1.51. The van der Waals surface area contributed by atoms with Gasteiger partial charge in [0.05, 0.1) is 24.1 Å². The van der Waals surface area contributed by atoms with Crippen LogP contribution < -0.4 is 4.90 Å². The van der Waals surface area contributed by atoms with Gasteiger partial charge in [0.2, 0.25) is 0 Å². The highest BCUT2D eigenvalue weighted by Crippen LogP contribution is 2.43. The van der Waals surface area contributed by atoms with Gasteiger partial charge in [0.15, 0.2) is 11.5 Å². The van der Waals surface area contributed by atoms with Crippen molar-refractivity contribution in [3.8, 4) is 11.3 Å². The van der Waals surface area contributed by atoms with Crippen LogP contribution in [-0.4, -0.2) is 40.2 Å². The third kappa shape index (κ3) is 2.97. The number of anilines is 1. The van der Waals surface area contributed by atoms with Gasteiger partial charge in [0.1, 0.15) is 0 Å². The van der Waals surface area contributed by atoms with Crippen molar-refractivity contribution < 1.29 is 4.74 Å². The van der Waals surface area contributed by atoms with Gasteiger partial charge in [0.25, 0.3) is 0 Å². The lowest BCUT2D eigenvalue weighted by Crippen LogP contribution is -2.41. The first-order chi connectivity index (χ1) is 13.5. The highest BCUT2D eigenvalue weighted by molar-refractivity contribution is 6.30. The van der Waals surface area contributed by atoms with Gasteiger partial charge in [-0.15, -0.1) is 0 Å². The molecule has 0 radical (unpaired) electrons. The molecule has 2 aliphatic rings. The molecule has 1 aromatic carbocycles. The van der Waals surface area contributed by atoms with E-state index < -0.39 is 0 Å². The molecule has 3 aromatic rings. The summed E-state index contributed by atoms with van der Waals surface area (Å²) in [5.41, 5.74) is 4.36. The van der Waals surface area contributed by atoms with E-state index in [1.807, 2.05) is 30.6 Å². The van der Waals surface area contributed by atoms with Gasteiger partial charge < -0.3 is 9.64 Å². The van der Waals surface area contributed by atoms with Crippen LogP contribution in [0.3, 0.4) is 0 Å². The molecule has 146 valence electrons. The van der Waals surface area contributed by atoms with Gasteiger partial charge in [-0.3, -0.25) is 4.40 Å². The van der Waals surface area contributed by atoms with E-state index in [1.54, 1.807) is 0 Å². The molecular formula is C22H25ClN4O. The first-order valence-electron chi connectivity index (χ1n) is 10.0. The summed E-state index contributed by atoms with van der Waals surface area (Å²) in [5, 5.41) is 0.726. The quantitative estimate of drug-likeness (QED) is 0.626. The van der Waals surface area contributed by atoms with Crippen molar-refractivity contribution in [1.82, 2.24) is 14.4 Å². The molecule has 1 atom stereocenters. The minimum atomic E-state index is 0.359. The van der Waals surface area contributed by atoms with E-state index in [4.69, 9.17) is 21.3 Å². The Kier molecular flexibility index (Phi) is 4.33. The molecule has 2 aromatic heterocycles. The van der Waals surface area contributed by atoms with Gasteiger partial charge in [-0.05, 0) is 50.7 Å². The molecule has 0 aliphatic carbocycles. The second-order valence-corrected chi connectivity index (χ2v) is 8.75. The number of aromatic nitrogens is 3. The predicted octanol–water partition coefficient (Wildman–Crippen LogP) is 4.75. The lowest BCUT2D eigenvalue weighted by molar-refractivity contribution is 0.0976. The Morgan fingerprint density at radius 2 is 2.07 bits per heavy atom. The monoisotopic (exact) mass is 396 g/mol. The number of imidazole rings is 1. The molecule has 2 aliphatic heterocycles. The third-order valence-corrected chi connectivity index (χ3v) is 6.55. The molecular weight excluding hydrogens is 372 g/mol. The fourth-order valence-electron chi connectivity index (χ4n) is 4.87. The van der Waals surface area contributed by atoms with Crippen molar-refractivity contribution in [2.24, 2.45) is 5.41 Å². The Bertz CT molecular complexity index is 1020. The summed E-state index contributed by atoms with van der Waals surface area (Å²) < 4.78 is 8.02. The van der Waals surface area contributed by atoms with Gasteiger partial charge in [-0.1, -0.05) is 23.7 Å². The normalized spacial score (nSPS) is 21.7. The fraction of sp³-hybridized carbons (Fsp3) is 0.455. The van der Waals surface area contributed by atoms with Crippen molar-refractivity contribution in [2.45, 2.75) is 39.2 Å². The van der Waals surface area contributed by atoms with Crippen LogP contribution in [0.2, 0.25) is 5.02 Å². The Labute approximate surface area is 170 Å². The molecule has 1 spiro atoms. The number of benzene rings is 1. The summed E-state index contributed by atoms with van der Waals surface area (Å²) in [6.45, 7) is 7.16. The smallest absolute Gasteiger partial charge is 0.180 e. The van der Waals surface area contributed by atoms with E-state index in [9.17, 15) is 0 Å². The lowest BCUT2D eigenvalue weighted by atomic mass is 9.77. The zero-order chi connectivity index (χ0) is 19.3. The van der Waals surface area contributed by atoms with Crippen LogP contribution in [0.5, 0.6) is 0 Å². The maximum atomic E-state index is 6.23. The first kappa shape index (κ1) is 18.0. The Hall–Kier alpha value is -2.11. The maximum absolute atomic E-state index is 6.23. The molecule has 2 saturated heterocycles. The van der Waals surface area contributed by atoms with E-state index in [2.05, 4.69) is 34.2 Å². The van der Waals surface area contributed by atoms with Gasteiger partial charge in [-0.25, -0.2) is 9.97 Å². The van der Waals surface area contributed by atoms with E-state index in [0.717, 1.165) is 66.0 Å². The second kappa shape index (κ2) is 6.75. The highest BCUT2D eigenvalue weighted by Gasteiger charge is 2.41. The number of aryl methyl sites for hydroxylation is 1. The molecule has 0 N–H and O–H groups in total. The van der Waals surface area contributed by atoms with Gasteiger partial charge >= 0.3 is 0 Å². The molecule has 0 saturated carbocycles. The van der Waals surface area contributed by atoms with E-state index in [1.165, 1.54) is 6.42 Å². The summed E-state index contributed by atoms with van der Waals surface area (Å²) >= 11 is 6.23. The molecule has 0 bridgehead atoms. The third-order valence-electron chi connectivity index (χ3n) is 6.31. The number of hydrogen-bond donors (Lipinski definition) is 0. The summed E-state index contributed by atoms with van der Waals surface area (Å²) in [5.74, 6) is 0.982. The van der Waals surface area contributed by atoms with E-state index >= 15 is 0 Å². The molecule has 2 fully saturated rings. The number of fused-ring (bicyclic) bond motifs is 1. The van der Waals surface area contributed by atoms with Crippen molar-refractivity contribution in [3.05, 3.63) is 47.4 Å². The van der Waals surface area contributed by atoms with Crippen molar-refractivity contribution >= 4 is 23.1 Å². The Morgan fingerprint density at radius 1 is 1.25 bits per heavy atom. The standard InChI is InChI=1S/C22H25ClN4O/c1-15-13-22(14-28-15)6-9-26(10-7-22)21-20-24-8-11-27(20)19(16(2)25-21)17-4-3-5-18(23)12-17/h3-5,8,11-12,15H,6-7,9-10,13-14H2,1-2H3/t15-/m0/s1. The minimum Gasteiger partial charge on any atom is -0.378 e. The zero-order valence-corrected chi connectivity index (χ0v) is 17.1. The van der Waals surface area contributed by atoms with Crippen LogP contribution in [0.25, 0.3) is 16.9 Å². The number of piperidine rings is 1. The van der Waals surface area contributed by atoms with Crippen LogP contribution >= 0.6 is 11.6 Å². The number of rotatable bonds is 2. The summed E-state index contributed by atoms with van der Waals surface area (Å²) in [7, 11) is 0. The minimum absolute atomic E-state index is 0.359. The highest BCUT2D eigenvalue weighted by atomic mass is 35.5. The molecule has 5 nitrogen and oxygen atoms in total. The maximum Gasteiger partial charge on any atom is 0.180 e. The van der Waals surface area contributed by atoms with Crippen LogP contribution in [0.1, 0.15) is 31.9 Å². The molecule has 4 heterocycles. The molecule has 5 rings (SSSR count). The number of ether oxygens (including phenoxy) is 1. The molecule has 0 amide bonds. The summed E-state index contributed by atoms with van der Waals surface area (Å²) in [4.78, 5) is 12.0. The topological polar surface area (TPSA) is 42.7 Å². The number of hydrogen-bond acceptors (Lipinski definition) is 4. The van der Waals surface area contributed by atoms with E-state index in [0.29, 0.717) is 11.5 Å². The van der Waals surface area contributed by atoms with Gasteiger partial charge in [0, 0.05) is 36.1 Å². The van der Waals surface area contributed by atoms with Crippen LogP contribution in [0.15, 0.2) is 36.7 Å². The zero-order valence-electron chi connectivity index (χ0n) is 16.4. The molecule has 6 heteroatoms. The number of nitrogens with zero attached hydrogens (tertiary/aromatic N) is 4. The Morgan fingerprint density at radius 3 is 2.79 bits per heavy atom. The van der Waals surface area contributed by atoms with Crippen LogP contribution in [0.4, 0.5) is 5.82 Å². The predicted molar refractivity (Wildman–Crippen MR) is 112 cm³/mol. The van der Waals surface area contributed by atoms with Crippen LogP contribution in [0, 0.1) is 12.3 Å². The largest absolute Gasteiger partial charge is 0.378 e. The van der Waals surface area contributed by atoms with Crippen molar-refractivity contribution in [3.63, 3.8) is 0 Å². The van der Waals surface area contributed by atoms with Crippen molar-refractivity contribution in [1.29, 1.82) is 0 Å². The SMILES string of the molecule is Cc1nc(N2CCC3(CC2)CO[C@@H](C)C3)c2nccn2c1-c1cccc(Cl)c1. The lowest BCUT2D eigenvalue weighted by Gasteiger charge is -2.39. The van der Waals surface area contributed by atoms with Crippen LogP contribution in [-0.2, 0) is 4.74 Å². The van der Waals surface area contributed by atoms with Crippen molar-refractivity contribution in [2.75, 3.05) is 24.6 Å². The molecule has 0 unspecified atom stereocenters. The molecule has 28 heavy (non-hydrogen) atoms. The second-order valence-electron chi connectivity index (χ2n) is 8.31. The fourth-order valence-corrected chi connectivity index (χ4v) is 5.06. The first-order valence-corrected chi connectivity index (χ1v) is 10.4. The average Bonchev–Trinajstić information content (AvgIpc) is 3.29.